The number of nitrogens with one attached hydrogen (secondary N) is 1. The molecular weight excluding hydrogens is 387 g/mol. The number of piperidine rings is 1. The maximum absolute atomic E-state index is 13.5. The van der Waals surface area contributed by atoms with E-state index in [2.05, 4.69) is 10.2 Å². The number of fused-ring (bicyclic) bond motifs is 2. The zero-order valence-corrected chi connectivity index (χ0v) is 17.1. The number of benzene rings is 2. The molecule has 0 aliphatic carbocycles. The highest BCUT2D eigenvalue weighted by molar-refractivity contribution is 5.90. The summed E-state index contributed by atoms with van der Waals surface area (Å²) in [5.74, 6) is 0.134. The summed E-state index contributed by atoms with van der Waals surface area (Å²) in [6.45, 7) is 4.10. The molecule has 0 radical (unpaired) electrons. The summed E-state index contributed by atoms with van der Waals surface area (Å²) in [6.07, 6.45) is 0.963. The van der Waals surface area contributed by atoms with Crippen molar-refractivity contribution in [2.75, 3.05) is 31.6 Å². The highest BCUT2D eigenvalue weighted by Crippen LogP contribution is 2.44. The van der Waals surface area contributed by atoms with Crippen molar-refractivity contribution in [3.63, 3.8) is 0 Å². The second-order valence-corrected chi connectivity index (χ2v) is 8.03. The third-order valence-corrected chi connectivity index (χ3v) is 5.82. The van der Waals surface area contributed by atoms with E-state index in [0.29, 0.717) is 24.6 Å². The molecule has 2 aliphatic rings. The van der Waals surface area contributed by atoms with Gasteiger partial charge >= 0.3 is 0 Å². The van der Waals surface area contributed by atoms with E-state index in [4.69, 9.17) is 9.47 Å². The fourth-order valence-corrected chi connectivity index (χ4v) is 4.35. The van der Waals surface area contributed by atoms with Gasteiger partial charge in [0.25, 0.3) is 0 Å². The molecule has 0 aromatic heterocycles. The van der Waals surface area contributed by atoms with Crippen molar-refractivity contribution in [2.24, 2.45) is 0 Å². The largest absolute Gasteiger partial charge is 0.489 e. The first-order valence-corrected chi connectivity index (χ1v) is 10.3. The Morgan fingerprint density at radius 1 is 1.30 bits per heavy atom. The van der Waals surface area contributed by atoms with Crippen LogP contribution in [-0.4, -0.2) is 48.3 Å². The van der Waals surface area contributed by atoms with E-state index in [-0.39, 0.29) is 23.9 Å². The first kappa shape index (κ1) is 20.8. The fraction of sp³-hybridized carbons (Fsp3) is 0.435. The maximum atomic E-state index is 13.5. The lowest BCUT2D eigenvalue weighted by Crippen LogP contribution is -2.46. The van der Waals surface area contributed by atoms with Gasteiger partial charge in [0.05, 0.1) is 17.9 Å². The molecule has 2 N–H and O–H groups in total. The molecule has 2 aliphatic heterocycles. The predicted molar refractivity (Wildman–Crippen MR) is 111 cm³/mol. The lowest BCUT2D eigenvalue weighted by atomic mass is 9.83. The summed E-state index contributed by atoms with van der Waals surface area (Å²) in [5.41, 5.74) is 2.29. The minimum atomic E-state index is -0.657. The Labute approximate surface area is 175 Å². The predicted octanol–water partition coefficient (Wildman–Crippen LogP) is 3.05. The number of ether oxygens (including phenoxy) is 2. The van der Waals surface area contributed by atoms with Crippen molar-refractivity contribution in [3.05, 3.63) is 59.4 Å². The number of likely N-dealkylation sites (tertiary alicyclic amines) is 1. The summed E-state index contributed by atoms with van der Waals surface area (Å²) in [5, 5.41) is 13.2. The molecule has 0 saturated carbocycles. The fourth-order valence-electron chi connectivity index (χ4n) is 4.35. The number of rotatable bonds is 6. The van der Waals surface area contributed by atoms with Gasteiger partial charge in [-0.3, -0.25) is 4.79 Å². The molecule has 2 aromatic carbocycles. The third kappa shape index (κ3) is 4.48. The van der Waals surface area contributed by atoms with Gasteiger partial charge in [0.15, 0.2) is 0 Å². The molecule has 7 heteroatoms. The Morgan fingerprint density at radius 2 is 2.07 bits per heavy atom. The van der Waals surface area contributed by atoms with E-state index in [1.807, 2.05) is 18.2 Å². The number of aliphatic hydroxyl groups is 1. The van der Waals surface area contributed by atoms with Crippen molar-refractivity contribution >= 4 is 11.6 Å². The number of β-amino-alcohol motifs (C(OH)–C–C–N with tert-alkyl or cyclic N) is 1. The molecule has 160 valence electrons. The van der Waals surface area contributed by atoms with E-state index in [1.165, 1.54) is 13.0 Å². The van der Waals surface area contributed by atoms with Crippen LogP contribution in [0.4, 0.5) is 10.1 Å². The number of nitrogens with zero attached hydrogens (tertiary/aromatic N) is 1. The van der Waals surface area contributed by atoms with Crippen LogP contribution in [0.5, 0.6) is 5.75 Å². The van der Waals surface area contributed by atoms with Gasteiger partial charge in [0.2, 0.25) is 5.91 Å². The van der Waals surface area contributed by atoms with Crippen LogP contribution in [0.2, 0.25) is 0 Å². The Balaban J connectivity index is 1.29. The van der Waals surface area contributed by atoms with E-state index < -0.39 is 6.10 Å². The monoisotopic (exact) mass is 414 g/mol. The number of hydrogen-bond donors (Lipinski definition) is 2. The Kier molecular flexibility index (Phi) is 6.04. The molecule has 0 unspecified atom stereocenters. The maximum Gasteiger partial charge on any atom is 0.221 e. The van der Waals surface area contributed by atoms with Crippen molar-refractivity contribution in [2.45, 2.75) is 38.1 Å². The lowest BCUT2D eigenvalue weighted by Gasteiger charge is -2.39. The van der Waals surface area contributed by atoms with E-state index in [1.54, 1.807) is 18.2 Å². The van der Waals surface area contributed by atoms with Crippen molar-refractivity contribution in [3.8, 4) is 5.75 Å². The first-order valence-electron chi connectivity index (χ1n) is 10.3. The topological polar surface area (TPSA) is 71.0 Å². The van der Waals surface area contributed by atoms with Gasteiger partial charge < -0.3 is 24.8 Å². The molecule has 0 bridgehead atoms. The number of carbonyl (C=O) groups is 1. The smallest absolute Gasteiger partial charge is 0.221 e. The Bertz CT molecular complexity index is 912. The second kappa shape index (κ2) is 8.71. The number of aliphatic hydroxyl groups excluding tert-OH is 1. The zero-order chi connectivity index (χ0) is 21.1. The third-order valence-electron chi connectivity index (χ3n) is 5.82. The van der Waals surface area contributed by atoms with Crippen LogP contribution < -0.4 is 10.1 Å². The van der Waals surface area contributed by atoms with Crippen molar-refractivity contribution < 1.29 is 23.8 Å². The highest BCUT2D eigenvalue weighted by Gasteiger charge is 2.42. The molecule has 30 heavy (non-hydrogen) atoms. The van der Waals surface area contributed by atoms with Gasteiger partial charge in [-0.2, -0.15) is 0 Å². The summed E-state index contributed by atoms with van der Waals surface area (Å²) in [7, 11) is 0. The van der Waals surface area contributed by atoms with E-state index in [9.17, 15) is 14.3 Å². The number of halogens is 1. The summed E-state index contributed by atoms with van der Waals surface area (Å²) in [6, 6.07) is 12.1. The molecule has 1 amide bonds. The normalized spacial score (nSPS) is 18.8. The number of anilines is 1. The lowest BCUT2D eigenvalue weighted by molar-refractivity contribution is -0.114. The summed E-state index contributed by atoms with van der Waals surface area (Å²) < 4.78 is 25.3. The average Bonchev–Trinajstić information content (AvgIpc) is 3.06. The number of hydrogen-bond acceptors (Lipinski definition) is 5. The quantitative estimate of drug-likeness (QED) is 0.760. The zero-order valence-electron chi connectivity index (χ0n) is 17.1. The second-order valence-electron chi connectivity index (χ2n) is 8.03. The molecule has 6 nitrogen and oxygen atoms in total. The molecule has 1 spiro atoms. The molecular formula is C23H27FN2O4. The molecule has 1 atom stereocenters. The van der Waals surface area contributed by atoms with Crippen LogP contribution in [0.15, 0.2) is 42.5 Å². The van der Waals surface area contributed by atoms with E-state index in [0.717, 1.165) is 37.1 Å². The van der Waals surface area contributed by atoms with Gasteiger partial charge in [0, 0.05) is 26.6 Å². The van der Waals surface area contributed by atoms with Crippen LogP contribution in [0, 0.1) is 5.82 Å². The average molecular weight is 414 g/mol. The van der Waals surface area contributed by atoms with Crippen LogP contribution in [0.1, 0.15) is 30.9 Å². The van der Waals surface area contributed by atoms with Gasteiger partial charge in [-0.1, -0.05) is 18.2 Å². The van der Waals surface area contributed by atoms with Gasteiger partial charge in [-0.15, -0.1) is 0 Å². The highest BCUT2D eigenvalue weighted by atomic mass is 19.1. The van der Waals surface area contributed by atoms with Gasteiger partial charge in [-0.25, -0.2) is 4.39 Å². The standard InChI is InChI=1S/C23H27FN2O4/c1-16(27)25-21-4-2-3-5-22(21)29-15-19(28)13-26-10-8-23(9-11-26)20-7-6-18(24)12-17(20)14-30-23/h2-7,12,19,28H,8-11,13-15H2,1H3,(H,25,27)/t19-/m0/s1. The SMILES string of the molecule is CC(=O)Nc1ccccc1OC[C@@H](O)CN1CCC2(CC1)OCc1cc(F)ccc12. The minimum absolute atomic E-state index is 0.136. The van der Waals surface area contributed by atoms with E-state index >= 15 is 0 Å². The van der Waals surface area contributed by atoms with Crippen molar-refractivity contribution in [1.82, 2.24) is 4.90 Å². The molecule has 1 fully saturated rings. The summed E-state index contributed by atoms with van der Waals surface area (Å²) >= 11 is 0. The molecule has 2 aromatic rings. The number of carbonyl (C=O) groups excluding carboxylic acids is 1. The van der Waals surface area contributed by atoms with Crippen LogP contribution in [-0.2, 0) is 21.7 Å². The number of amides is 1. The van der Waals surface area contributed by atoms with Gasteiger partial charge in [0.1, 0.15) is 24.3 Å². The summed E-state index contributed by atoms with van der Waals surface area (Å²) in [4.78, 5) is 13.5. The molecule has 4 rings (SSSR count). The Morgan fingerprint density at radius 3 is 2.83 bits per heavy atom. The number of para-hydroxylation sites is 2. The molecule has 1 saturated heterocycles. The minimum Gasteiger partial charge on any atom is -0.489 e. The van der Waals surface area contributed by atoms with Gasteiger partial charge in [-0.05, 0) is 48.2 Å². The first-order chi connectivity index (χ1) is 14.4. The van der Waals surface area contributed by atoms with Crippen LogP contribution >= 0.6 is 0 Å². The van der Waals surface area contributed by atoms with Crippen LogP contribution in [0.25, 0.3) is 0 Å². The Hall–Kier alpha value is -2.48. The molecule has 2 heterocycles. The van der Waals surface area contributed by atoms with Crippen molar-refractivity contribution in [1.29, 1.82) is 0 Å². The van der Waals surface area contributed by atoms with Crippen LogP contribution in [0.3, 0.4) is 0 Å².